The summed E-state index contributed by atoms with van der Waals surface area (Å²) in [6, 6.07) is 0. The Bertz CT molecular complexity index is 479. The molecular weight excluding hydrogens is 232 g/mol. The van der Waals surface area contributed by atoms with E-state index in [2.05, 4.69) is 42.4 Å². The van der Waals surface area contributed by atoms with Crippen LogP contribution in [0.2, 0.25) is 0 Å². The van der Waals surface area contributed by atoms with Gasteiger partial charge in [0.15, 0.2) is 5.13 Å². The molecule has 17 heavy (non-hydrogen) atoms. The standard InChI is InChI=1S/C12H18N4S/c1-12(2,3)10-9(8-16(4)15-10)7-14-11-13-5-6-17-11/h5-6,8H,7H2,1-4H3,(H,13,14). The molecule has 0 saturated heterocycles. The zero-order valence-corrected chi connectivity index (χ0v) is 11.5. The van der Waals surface area contributed by atoms with Crippen LogP contribution >= 0.6 is 11.3 Å². The minimum absolute atomic E-state index is 0.0706. The van der Waals surface area contributed by atoms with Crippen molar-refractivity contribution in [3.05, 3.63) is 29.0 Å². The third-order valence-electron chi connectivity index (χ3n) is 2.48. The molecule has 0 aromatic carbocycles. The molecule has 4 nitrogen and oxygen atoms in total. The van der Waals surface area contributed by atoms with E-state index in [0.717, 1.165) is 17.4 Å². The normalized spacial score (nSPS) is 11.8. The number of nitrogens with one attached hydrogen (secondary N) is 1. The van der Waals surface area contributed by atoms with Crippen molar-refractivity contribution in [1.82, 2.24) is 14.8 Å². The van der Waals surface area contributed by atoms with Gasteiger partial charge < -0.3 is 5.32 Å². The van der Waals surface area contributed by atoms with Crippen LogP contribution in [-0.4, -0.2) is 14.8 Å². The molecule has 5 heteroatoms. The van der Waals surface area contributed by atoms with Crippen LogP contribution in [0.5, 0.6) is 0 Å². The predicted octanol–water partition coefficient (Wildman–Crippen LogP) is 2.79. The van der Waals surface area contributed by atoms with Crippen molar-refractivity contribution in [3.8, 4) is 0 Å². The number of anilines is 1. The largest absolute Gasteiger partial charge is 0.357 e. The van der Waals surface area contributed by atoms with Crippen LogP contribution in [0.15, 0.2) is 17.8 Å². The van der Waals surface area contributed by atoms with Gasteiger partial charge in [-0.25, -0.2) is 4.98 Å². The zero-order chi connectivity index (χ0) is 12.5. The van der Waals surface area contributed by atoms with Crippen LogP contribution < -0.4 is 5.32 Å². The van der Waals surface area contributed by atoms with Gasteiger partial charge in [-0.1, -0.05) is 20.8 Å². The smallest absolute Gasteiger partial charge is 0.182 e. The minimum Gasteiger partial charge on any atom is -0.357 e. The van der Waals surface area contributed by atoms with E-state index in [0.29, 0.717) is 0 Å². The summed E-state index contributed by atoms with van der Waals surface area (Å²) in [5.41, 5.74) is 2.44. The third kappa shape index (κ3) is 2.85. The topological polar surface area (TPSA) is 42.7 Å². The average Bonchev–Trinajstić information content (AvgIpc) is 2.82. The highest BCUT2D eigenvalue weighted by Crippen LogP contribution is 2.25. The first-order chi connectivity index (χ1) is 7.97. The molecule has 2 aromatic rings. The molecule has 0 atom stereocenters. The number of nitrogens with zero attached hydrogens (tertiary/aromatic N) is 3. The summed E-state index contributed by atoms with van der Waals surface area (Å²) in [5.74, 6) is 0. The van der Waals surface area contributed by atoms with E-state index < -0.39 is 0 Å². The summed E-state index contributed by atoms with van der Waals surface area (Å²) in [6.07, 6.45) is 3.88. The second-order valence-electron chi connectivity index (χ2n) is 5.12. The Morgan fingerprint density at radius 3 is 2.76 bits per heavy atom. The van der Waals surface area contributed by atoms with Gasteiger partial charge in [-0.2, -0.15) is 5.10 Å². The molecule has 0 fully saturated rings. The molecule has 0 aliphatic heterocycles. The van der Waals surface area contributed by atoms with Gasteiger partial charge in [0.05, 0.1) is 5.69 Å². The van der Waals surface area contributed by atoms with Gasteiger partial charge in [0, 0.05) is 42.3 Å². The van der Waals surface area contributed by atoms with Crippen molar-refractivity contribution in [2.24, 2.45) is 7.05 Å². The van der Waals surface area contributed by atoms with E-state index in [4.69, 9.17) is 0 Å². The third-order valence-corrected chi connectivity index (χ3v) is 3.21. The first-order valence-corrected chi connectivity index (χ1v) is 6.51. The lowest BCUT2D eigenvalue weighted by molar-refractivity contribution is 0.549. The van der Waals surface area contributed by atoms with Crippen LogP contribution in [0, 0.1) is 0 Å². The Morgan fingerprint density at radius 2 is 2.18 bits per heavy atom. The molecule has 2 rings (SSSR count). The van der Waals surface area contributed by atoms with Gasteiger partial charge >= 0.3 is 0 Å². The molecule has 0 spiro atoms. The van der Waals surface area contributed by atoms with Crippen LogP contribution in [0.1, 0.15) is 32.0 Å². The molecule has 0 aliphatic carbocycles. The molecule has 0 aliphatic rings. The highest BCUT2D eigenvalue weighted by molar-refractivity contribution is 7.13. The molecule has 92 valence electrons. The van der Waals surface area contributed by atoms with Gasteiger partial charge in [0.2, 0.25) is 0 Å². The fraction of sp³-hybridized carbons (Fsp3) is 0.500. The fourth-order valence-electron chi connectivity index (χ4n) is 1.78. The molecule has 0 radical (unpaired) electrons. The van der Waals surface area contributed by atoms with Gasteiger partial charge in [-0.05, 0) is 0 Å². The van der Waals surface area contributed by atoms with Crippen LogP contribution in [0.3, 0.4) is 0 Å². The van der Waals surface area contributed by atoms with Crippen molar-refractivity contribution in [2.75, 3.05) is 5.32 Å². The van der Waals surface area contributed by atoms with E-state index in [1.165, 1.54) is 5.56 Å². The van der Waals surface area contributed by atoms with E-state index in [-0.39, 0.29) is 5.41 Å². The second kappa shape index (κ2) is 4.49. The Kier molecular flexibility index (Phi) is 3.19. The molecule has 0 bridgehead atoms. The lowest BCUT2D eigenvalue weighted by Gasteiger charge is -2.17. The van der Waals surface area contributed by atoms with E-state index in [1.54, 1.807) is 17.5 Å². The summed E-state index contributed by atoms with van der Waals surface area (Å²) in [7, 11) is 1.96. The maximum atomic E-state index is 4.54. The SMILES string of the molecule is Cn1cc(CNc2nccs2)c(C(C)(C)C)n1. The lowest BCUT2D eigenvalue weighted by atomic mass is 9.89. The van der Waals surface area contributed by atoms with Crippen molar-refractivity contribution < 1.29 is 0 Å². The Balaban J connectivity index is 2.15. The molecular formula is C12H18N4S. The summed E-state index contributed by atoms with van der Waals surface area (Å²) in [6.45, 7) is 7.32. The molecule has 0 amide bonds. The van der Waals surface area contributed by atoms with Crippen LogP contribution in [0.4, 0.5) is 5.13 Å². The second-order valence-corrected chi connectivity index (χ2v) is 6.01. The van der Waals surface area contributed by atoms with Gasteiger partial charge in [-0.15, -0.1) is 11.3 Å². The number of aryl methyl sites for hydroxylation is 1. The minimum atomic E-state index is 0.0706. The van der Waals surface area contributed by atoms with E-state index in [1.807, 2.05) is 17.1 Å². The Hall–Kier alpha value is -1.36. The van der Waals surface area contributed by atoms with Crippen LogP contribution in [0.25, 0.3) is 0 Å². The predicted molar refractivity (Wildman–Crippen MR) is 71.3 cm³/mol. The molecule has 0 unspecified atom stereocenters. The number of rotatable bonds is 3. The maximum absolute atomic E-state index is 4.54. The van der Waals surface area contributed by atoms with Gasteiger partial charge in [-0.3, -0.25) is 4.68 Å². The average molecular weight is 250 g/mol. The van der Waals surface area contributed by atoms with Crippen LogP contribution in [-0.2, 0) is 19.0 Å². The van der Waals surface area contributed by atoms with Crippen molar-refractivity contribution in [3.63, 3.8) is 0 Å². The van der Waals surface area contributed by atoms with Crippen molar-refractivity contribution >= 4 is 16.5 Å². The first kappa shape index (κ1) is 12.1. The number of thiazole rings is 1. The quantitative estimate of drug-likeness (QED) is 0.911. The summed E-state index contributed by atoms with van der Waals surface area (Å²) < 4.78 is 1.87. The Labute approximate surface area is 106 Å². The molecule has 2 heterocycles. The number of hydrogen-bond acceptors (Lipinski definition) is 4. The highest BCUT2D eigenvalue weighted by Gasteiger charge is 2.21. The van der Waals surface area contributed by atoms with Crippen molar-refractivity contribution in [2.45, 2.75) is 32.7 Å². The van der Waals surface area contributed by atoms with Crippen molar-refractivity contribution in [1.29, 1.82) is 0 Å². The lowest BCUT2D eigenvalue weighted by Crippen LogP contribution is -2.16. The molecule has 1 N–H and O–H groups in total. The molecule has 0 saturated carbocycles. The first-order valence-electron chi connectivity index (χ1n) is 5.63. The maximum Gasteiger partial charge on any atom is 0.182 e. The monoisotopic (exact) mass is 250 g/mol. The van der Waals surface area contributed by atoms with E-state index in [9.17, 15) is 0 Å². The summed E-state index contributed by atoms with van der Waals surface area (Å²) in [4.78, 5) is 4.21. The number of aromatic nitrogens is 3. The van der Waals surface area contributed by atoms with Gasteiger partial charge in [0.25, 0.3) is 0 Å². The van der Waals surface area contributed by atoms with E-state index >= 15 is 0 Å². The molecule has 2 aromatic heterocycles. The Morgan fingerprint density at radius 1 is 1.41 bits per heavy atom. The highest BCUT2D eigenvalue weighted by atomic mass is 32.1. The summed E-state index contributed by atoms with van der Waals surface area (Å²) in [5, 5.41) is 10.8. The summed E-state index contributed by atoms with van der Waals surface area (Å²) >= 11 is 1.61. The number of hydrogen-bond donors (Lipinski definition) is 1. The zero-order valence-electron chi connectivity index (χ0n) is 10.7. The van der Waals surface area contributed by atoms with Gasteiger partial charge in [0.1, 0.15) is 0 Å². The fourth-order valence-corrected chi connectivity index (χ4v) is 2.31.